The Hall–Kier alpha value is -1.27. The first-order valence-corrected chi connectivity index (χ1v) is 8.74. The molecular weight excluding hydrogens is 288 g/mol. The van der Waals surface area contributed by atoms with Gasteiger partial charge in [-0.25, -0.2) is 8.42 Å². The zero-order valence-electron chi connectivity index (χ0n) is 12.9. The van der Waals surface area contributed by atoms with Crippen LogP contribution in [0.3, 0.4) is 0 Å². The van der Waals surface area contributed by atoms with E-state index in [4.69, 9.17) is 10.5 Å². The summed E-state index contributed by atoms with van der Waals surface area (Å²) < 4.78 is 32.5. The van der Waals surface area contributed by atoms with Crippen molar-refractivity contribution in [2.75, 3.05) is 19.9 Å². The second-order valence-electron chi connectivity index (χ2n) is 5.67. The maximum absolute atomic E-state index is 12.9. The van der Waals surface area contributed by atoms with Gasteiger partial charge < -0.3 is 10.5 Å². The molecule has 118 valence electrons. The van der Waals surface area contributed by atoms with Gasteiger partial charge in [-0.15, -0.1) is 0 Å². The summed E-state index contributed by atoms with van der Waals surface area (Å²) in [4.78, 5) is 0.154. The largest absolute Gasteiger partial charge is 0.495 e. The van der Waals surface area contributed by atoms with Crippen molar-refractivity contribution in [1.82, 2.24) is 4.31 Å². The van der Waals surface area contributed by atoms with Gasteiger partial charge in [0, 0.05) is 18.8 Å². The van der Waals surface area contributed by atoms with Crippen LogP contribution < -0.4 is 10.5 Å². The van der Waals surface area contributed by atoms with Crippen molar-refractivity contribution in [2.24, 2.45) is 0 Å². The molecule has 0 saturated heterocycles. The van der Waals surface area contributed by atoms with Crippen LogP contribution in [0.2, 0.25) is 0 Å². The molecule has 5 nitrogen and oxygen atoms in total. The molecule has 1 aliphatic carbocycles. The molecule has 0 bridgehead atoms. The lowest BCUT2D eigenvalue weighted by Gasteiger charge is -2.30. The highest BCUT2D eigenvalue weighted by Gasteiger charge is 2.31. The van der Waals surface area contributed by atoms with Gasteiger partial charge in [-0.1, -0.05) is 19.3 Å². The van der Waals surface area contributed by atoms with E-state index in [1.54, 1.807) is 13.1 Å². The summed E-state index contributed by atoms with van der Waals surface area (Å²) in [5, 5.41) is 0. The molecule has 2 rings (SSSR count). The molecule has 0 unspecified atom stereocenters. The average molecular weight is 312 g/mol. The van der Waals surface area contributed by atoms with Crippen LogP contribution in [0.15, 0.2) is 17.0 Å². The lowest BCUT2D eigenvalue weighted by atomic mass is 9.96. The summed E-state index contributed by atoms with van der Waals surface area (Å²) in [6.45, 7) is 1.83. The van der Waals surface area contributed by atoms with Crippen molar-refractivity contribution in [2.45, 2.75) is 50.0 Å². The Balaban J connectivity index is 2.40. The second kappa shape index (κ2) is 6.23. The molecule has 0 amide bonds. The first-order valence-electron chi connectivity index (χ1n) is 7.30. The van der Waals surface area contributed by atoms with Crippen LogP contribution in [0.5, 0.6) is 5.75 Å². The van der Waals surface area contributed by atoms with E-state index >= 15 is 0 Å². The van der Waals surface area contributed by atoms with E-state index < -0.39 is 10.0 Å². The Bertz CT molecular complexity index is 608. The molecule has 1 fully saturated rings. The van der Waals surface area contributed by atoms with Gasteiger partial charge in [-0.3, -0.25) is 0 Å². The third-order valence-electron chi connectivity index (χ3n) is 4.30. The molecular formula is C15H24N2O3S. The highest BCUT2D eigenvalue weighted by Crippen LogP contribution is 2.33. The molecule has 1 aromatic carbocycles. The fourth-order valence-electron chi connectivity index (χ4n) is 2.83. The predicted octanol–water partition coefficient (Wildman–Crippen LogP) is 2.54. The van der Waals surface area contributed by atoms with Crippen LogP contribution in [0.4, 0.5) is 5.69 Å². The zero-order valence-corrected chi connectivity index (χ0v) is 13.7. The number of anilines is 1. The monoisotopic (exact) mass is 312 g/mol. The van der Waals surface area contributed by atoms with Gasteiger partial charge in [-0.05, 0) is 37.5 Å². The molecule has 0 radical (unpaired) electrons. The van der Waals surface area contributed by atoms with Crippen LogP contribution >= 0.6 is 0 Å². The van der Waals surface area contributed by atoms with Crippen molar-refractivity contribution in [3.63, 3.8) is 0 Å². The first-order chi connectivity index (χ1) is 9.87. The number of hydrogen-bond acceptors (Lipinski definition) is 4. The Kier molecular flexibility index (Phi) is 4.78. The number of benzene rings is 1. The second-order valence-corrected chi connectivity index (χ2v) is 7.64. The van der Waals surface area contributed by atoms with Crippen LogP contribution in [-0.2, 0) is 10.0 Å². The number of nitrogens with two attached hydrogens (primary N) is 1. The highest BCUT2D eigenvalue weighted by molar-refractivity contribution is 7.89. The van der Waals surface area contributed by atoms with Gasteiger partial charge in [-0.2, -0.15) is 4.31 Å². The number of rotatable bonds is 4. The number of nitrogen functional groups attached to an aromatic ring is 1. The average Bonchev–Trinajstić information content (AvgIpc) is 2.49. The maximum atomic E-state index is 12.9. The topological polar surface area (TPSA) is 72.6 Å². The third kappa shape index (κ3) is 3.16. The summed E-state index contributed by atoms with van der Waals surface area (Å²) >= 11 is 0. The highest BCUT2D eigenvalue weighted by atomic mass is 32.2. The lowest BCUT2D eigenvalue weighted by molar-refractivity contribution is 0.284. The van der Waals surface area contributed by atoms with Crippen molar-refractivity contribution in [1.29, 1.82) is 0 Å². The van der Waals surface area contributed by atoms with Crippen molar-refractivity contribution >= 4 is 15.7 Å². The number of ether oxygens (including phenoxy) is 1. The van der Waals surface area contributed by atoms with Gasteiger partial charge in [0.05, 0.1) is 7.11 Å². The van der Waals surface area contributed by atoms with E-state index in [0.29, 0.717) is 11.4 Å². The minimum atomic E-state index is -3.59. The molecule has 6 heteroatoms. The normalized spacial score (nSPS) is 17.1. The third-order valence-corrected chi connectivity index (χ3v) is 6.23. The first kappa shape index (κ1) is 16.1. The quantitative estimate of drug-likeness (QED) is 0.867. The minimum absolute atomic E-state index is 0.0657. The van der Waals surface area contributed by atoms with Crippen LogP contribution in [0.25, 0.3) is 0 Å². The maximum Gasteiger partial charge on any atom is 0.246 e. The Morgan fingerprint density at radius 1 is 1.24 bits per heavy atom. The Morgan fingerprint density at radius 3 is 2.43 bits per heavy atom. The van der Waals surface area contributed by atoms with E-state index in [2.05, 4.69) is 0 Å². The summed E-state index contributed by atoms with van der Waals surface area (Å²) in [6.07, 6.45) is 5.18. The smallest absolute Gasteiger partial charge is 0.246 e. The van der Waals surface area contributed by atoms with E-state index in [0.717, 1.165) is 31.2 Å². The fraction of sp³-hybridized carbons (Fsp3) is 0.600. The van der Waals surface area contributed by atoms with E-state index in [-0.39, 0.29) is 10.9 Å². The summed E-state index contributed by atoms with van der Waals surface area (Å²) in [7, 11) is -0.462. The Morgan fingerprint density at radius 2 is 1.86 bits per heavy atom. The molecule has 0 atom stereocenters. The van der Waals surface area contributed by atoms with Crippen molar-refractivity contribution in [3.05, 3.63) is 17.7 Å². The summed E-state index contributed by atoms with van der Waals surface area (Å²) in [6, 6.07) is 3.25. The van der Waals surface area contributed by atoms with Gasteiger partial charge in [0.1, 0.15) is 10.6 Å². The lowest BCUT2D eigenvalue weighted by Crippen LogP contribution is -2.38. The fourth-order valence-corrected chi connectivity index (χ4v) is 4.42. The van der Waals surface area contributed by atoms with E-state index in [1.807, 2.05) is 6.92 Å². The molecule has 2 N–H and O–H groups in total. The number of methoxy groups -OCH3 is 1. The van der Waals surface area contributed by atoms with Crippen LogP contribution in [0.1, 0.15) is 37.7 Å². The molecule has 1 saturated carbocycles. The zero-order chi connectivity index (χ0) is 15.6. The molecule has 0 spiro atoms. The number of hydrogen-bond donors (Lipinski definition) is 1. The standard InChI is InChI=1S/C15H24N2O3S/c1-11-9-14(20-3)15(10-13(11)16)21(18,19)17(2)12-7-5-4-6-8-12/h9-10,12H,4-8,16H2,1-3H3. The van der Waals surface area contributed by atoms with E-state index in [1.165, 1.54) is 23.9 Å². The van der Waals surface area contributed by atoms with Crippen LogP contribution in [0, 0.1) is 6.92 Å². The molecule has 1 aliphatic rings. The number of aryl methyl sites for hydroxylation is 1. The molecule has 0 aromatic heterocycles. The van der Waals surface area contributed by atoms with E-state index in [9.17, 15) is 8.42 Å². The predicted molar refractivity (Wildman–Crippen MR) is 84.0 cm³/mol. The molecule has 0 heterocycles. The number of nitrogens with zero attached hydrogens (tertiary/aromatic N) is 1. The summed E-state index contributed by atoms with van der Waals surface area (Å²) in [5.41, 5.74) is 7.16. The van der Waals surface area contributed by atoms with Crippen molar-refractivity contribution < 1.29 is 13.2 Å². The molecule has 0 aliphatic heterocycles. The Labute approximate surface area is 127 Å². The SMILES string of the molecule is COc1cc(C)c(N)cc1S(=O)(=O)N(C)C1CCCCC1. The summed E-state index contributed by atoms with van der Waals surface area (Å²) in [5.74, 6) is 0.351. The number of sulfonamides is 1. The minimum Gasteiger partial charge on any atom is -0.495 e. The van der Waals surface area contributed by atoms with Gasteiger partial charge in [0.25, 0.3) is 0 Å². The van der Waals surface area contributed by atoms with Gasteiger partial charge >= 0.3 is 0 Å². The van der Waals surface area contributed by atoms with Crippen molar-refractivity contribution in [3.8, 4) is 5.75 Å². The molecule has 21 heavy (non-hydrogen) atoms. The van der Waals surface area contributed by atoms with Gasteiger partial charge in [0.15, 0.2) is 0 Å². The van der Waals surface area contributed by atoms with Gasteiger partial charge in [0.2, 0.25) is 10.0 Å². The van der Waals surface area contributed by atoms with Crippen LogP contribution in [-0.4, -0.2) is 32.9 Å². The molecule has 1 aromatic rings.